The predicted octanol–water partition coefficient (Wildman–Crippen LogP) is 2.23. The molecule has 1 aliphatic heterocycles. The Hall–Kier alpha value is -1.65. The Morgan fingerprint density at radius 3 is 2.71 bits per heavy atom. The molecule has 4 nitrogen and oxygen atoms in total. The van der Waals surface area contributed by atoms with Crippen molar-refractivity contribution >= 4 is 28.4 Å². The Morgan fingerprint density at radius 1 is 1.14 bits per heavy atom. The number of fused-ring (bicyclic) bond motifs is 1. The number of pyridine rings is 1. The lowest BCUT2D eigenvalue weighted by atomic mass is 10.1. The molecule has 0 unspecified atom stereocenters. The van der Waals surface area contributed by atoms with Crippen molar-refractivity contribution in [1.82, 2.24) is 14.8 Å². The van der Waals surface area contributed by atoms with Gasteiger partial charge in [0.1, 0.15) is 0 Å². The van der Waals surface area contributed by atoms with Gasteiger partial charge in [-0.3, -0.25) is 14.7 Å². The van der Waals surface area contributed by atoms with E-state index >= 15 is 0 Å². The van der Waals surface area contributed by atoms with Gasteiger partial charge < -0.3 is 4.90 Å². The van der Waals surface area contributed by atoms with Crippen LogP contribution < -0.4 is 0 Å². The van der Waals surface area contributed by atoms with Gasteiger partial charge in [-0.1, -0.05) is 12.1 Å². The van der Waals surface area contributed by atoms with E-state index in [9.17, 15) is 4.79 Å². The summed E-state index contributed by atoms with van der Waals surface area (Å²) in [5, 5.41) is 0.924. The summed E-state index contributed by atoms with van der Waals surface area (Å²) in [5.41, 5.74) is 1.61. The standard InChI is InChI=1S/C16H18ClN3O/c17-6-8-19-9-11-20(12-10-19)16(21)14-3-1-5-15-13(14)4-2-7-18-15/h1-5,7H,6,8-12H2. The molecule has 1 fully saturated rings. The minimum atomic E-state index is 0.0964. The van der Waals surface area contributed by atoms with Crippen LogP contribution in [0.4, 0.5) is 0 Å². The Kier molecular flexibility index (Phi) is 4.36. The van der Waals surface area contributed by atoms with E-state index in [0.29, 0.717) is 5.88 Å². The predicted molar refractivity (Wildman–Crippen MR) is 84.8 cm³/mol. The molecule has 0 bridgehead atoms. The fourth-order valence-corrected chi connectivity index (χ4v) is 2.99. The first-order valence-electron chi connectivity index (χ1n) is 7.21. The molecule has 1 amide bonds. The molecule has 1 aliphatic rings. The number of rotatable bonds is 3. The summed E-state index contributed by atoms with van der Waals surface area (Å²) in [6, 6.07) is 9.55. The quantitative estimate of drug-likeness (QED) is 0.816. The summed E-state index contributed by atoms with van der Waals surface area (Å²) in [6.45, 7) is 4.18. The Balaban J connectivity index is 1.79. The van der Waals surface area contributed by atoms with E-state index in [4.69, 9.17) is 11.6 Å². The highest BCUT2D eigenvalue weighted by Crippen LogP contribution is 2.19. The molecule has 0 radical (unpaired) electrons. The summed E-state index contributed by atoms with van der Waals surface area (Å²) < 4.78 is 0. The number of hydrogen-bond acceptors (Lipinski definition) is 3. The molecular weight excluding hydrogens is 286 g/mol. The summed E-state index contributed by atoms with van der Waals surface area (Å²) in [6.07, 6.45) is 1.75. The number of nitrogens with zero attached hydrogens (tertiary/aromatic N) is 3. The van der Waals surface area contributed by atoms with Crippen LogP contribution in [0.1, 0.15) is 10.4 Å². The number of benzene rings is 1. The van der Waals surface area contributed by atoms with Gasteiger partial charge in [0.15, 0.2) is 0 Å². The maximum absolute atomic E-state index is 12.7. The minimum absolute atomic E-state index is 0.0964. The number of amides is 1. The van der Waals surface area contributed by atoms with Gasteiger partial charge in [-0.15, -0.1) is 11.6 Å². The second kappa shape index (κ2) is 6.41. The van der Waals surface area contributed by atoms with Gasteiger partial charge in [-0.05, 0) is 18.2 Å². The first kappa shape index (κ1) is 14.3. The topological polar surface area (TPSA) is 36.4 Å². The molecule has 3 rings (SSSR count). The Bertz CT molecular complexity index is 633. The summed E-state index contributed by atoms with van der Waals surface area (Å²) >= 11 is 5.77. The van der Waals surface area contributed by atoms with Crippen molar-refractivity contribution in [2.75, 3.05) is 38.6 Å². The zero-order valence-electron chi connectivity index (χ0n) is 11.8. The number of carbonyl (C=O) groups excluding carboxylic acids is 1. The molecule has 2 heterocycles. The molecule has 0 atom stereocenters. The molecule has 2 aromatic rings. The first-order chi connectivity index (χ1) is 10.3. The van der Waals surface area contributed by atoms with Crippen LogP contribution in [0.2, 0.25) is 0 Å². The van der Waals surface area contributed by atoms with Gasteiger partial charge in [0.2, 0.25) is 0 Å². The minimum Gasteiger partial charge on any atom is -0.336 e. The maximum atomic E-state index is 12.7. The van der Waals surface area contributed by atoms with Crippen LogP contribution in [0.15, 0.2) is 36.5 Å². The Labute approximate surface area is 129 Å². The molecule has 110 valence electrons. The van der Waals surface area contributed by atoms with Crippen LogP contribution in [0.5, 0.6) is 0 Å². The van der Waals surface area contributed by atoms with E-state index < -0.39 is 0 Å². The molecule has 0 N–H and O–H groups in total. The number of hydrogen-bond donors (Lipinski definition) is 0. The van der Waals surface area contributed by atoms with Crippen LogP contribution in [0, 0.1) is 0 Å². The van der Waals surface area contributed by atoms with E-state index in [2.05, 4.69) is 9.88 Å². The first-order valence-corrected chi connectivity index (χ1v) is 7.74. The summed E-state index contributed by atoms with van der Waals surface area (Å²) in [4.78, 5) is 21.3. The Morgan fingerprint density at radius 2 is 1.95 bits per heavy atom. The largest absolute Gasteiger partial charge is 0.336 e. The highest BCUT2D eigenvalue weighted by Gasteiger charge is 2.22. The van der Waals surface area contributed by atoms with Gasteiger partial charge in [0.05, 0.1) is 5.52 Å². The SMILES string of the molecule is O=C(c1cccc2ncccc12)N1CCN(CCCl)CC1. The van der Waals surface area contributed by atoms with Gasteiger partial charge >= 0.3 is 0 Å². The van der Waals surface area contributed by atoms with Crippen LogP contribution in [0.25, 0.3) is 10.9 Å². The third-order valence-electron chi connectivity index (χ3n) is 3.94. The van der Waals surface area contributed by atoms with Gasteiger partial charge in [0.25, 0.3) is 5.91 Å². The van der Waals surface area contributed by atoms with Crippen molar-refractivity contribution in [3.63, 3.8) is 0 Å². The molecule has 21 heavy (non-hydrogen) atoms. The maximum Gasteiger partial charge on any atom is 0.254 e. The second-order valence-corrected chi connectivity index (χ2v) is 5.58. The van der Waals surface area contributed by atoms with Gasteiger partial charge in [-0.25, -0.2) is 0 Å². The lowest BCUT2D eigenvalue weighted by Gasteiger charge is -2.34. The van der Waals surface area contributed by atoms with E-state index in [0.717, 1.165) is 49.2 Å². The third kappa shape index (κ3) is 3.01. The van der Waals surface area contributed by atoms with E-state index in [-0.39, 0.29) is 5.91 Å². The average molecular weight is 304 g/mol. The van der Waals surface area contributed by atoms with Crippen molar-refractivity contribution in [1.29, 1.82) is 0 Å². The third-order valence-corrected chi connectivity index (χ3v) is 4.11. The molecular formula is C16H18ClN3O. The molecule has 1 saturated heterocycles. The average Bonchev–Trinajstić information content (AvgIpc) is 2.55. The molecule has 0 aliphatic carbocycles. The van der Waals surface area contributed by atoms with Crippen molar-refractivity contribution in [2.45, 2.75) is 0 Å². The van der Waals surface area contributed by atoms with E-state index in [1.54, 1.807) is 6.20 Å². The van der Waals surface area contributed by atoms with Gasteiger partial charge in [-0.2, -0.15) is 0 Å². The number of alkyl halides is 1. The zero-order valence-corrected chi connectivity index (χ0v) is 12.6. The fraction of sp³-hybridized carbons (Fsp3) is 0.375. The molecule has 1 aromatic heterocycles. The highest BCUT2D eigenvalue weighted by molar-refractivity contribution is 6.18. The van der Waals surface area contributed by atoms with Crippen molar-refractivity contribution < 1.29 is 4.79 Å². The molecule has 5 heteroatoms. The highest BCUT2D eigenvalue weighted by atomic mass is 35.5. The lowest BCUT2D eigenvalue weighted by Crippen LogP contribution is -2.49. The smallest absolute Gasteiger partial charge is 0.254 e. The normalized spacial score (nSPS) is 16.3. The lowest BCUT2D eigenvalue weighted by molar-refractivity contribution is 0.0646. The van der Waals surface area contributed by atoms with Crippen LogP contribution in [-0.4, -0.2) is 59.3 Å². The van der Waals surface area contributed by atoms with Crippen LogP contribution >= 0.6 is 11.6 Å². The van der Waals surface area contributed by atoms with E-state index in [1.807, 2.05) is 35.2 Å². The summed E-state index contributed by atoms with van der Waals surface area (Å²) in [5.74, 6) is 0.738. The number of piperazine rings is 1. The molecule has 1 aromatic carbocycles. The zero-order chi connectivity index (χ0) is 14.7. The van der Waals surface area contributed by atoms with Crippen molar-refractivity contribution in [2.24, 2.45) is 0 Å². The van der Waals surface area contributed by atoms with Gasteiger partial charge in [0, 0.05) is 55.8 Å². The van der Waals surface area contributed by atoms with Crippen molar-refractivity contribution in [3.8, 4) is 0 Å². The summed E-state index contributed by atoms with van der Waals surface area (Å²) in [7, 11) is 0. The van der Waals surface area contributed by atoms with Crippen LogP contribution in [0.3, 0.4) is 0 Å². The fourth-order valence-electron chi connectivity index (χ4n) is 2.75. The molecule has 0 saturated carbocycles. The van der Waals surface area contributed by atoms with Crippen molar-refractivity contribution in [3.05, 3.63) is 42.1 Å². The second-order valence-electron chi connectivity index (χ2n) is 5.20. The number of carbonyl (C=O) groups is 1. The van der Waals surface area contributed by atoms with Crippen LogP contribution in [-0.2, 0) is 0 Å². The van der Waals surface area contributed by atoms with E-state index in [1.165, 1.54) is 0 Å². The monoisotopic (exact) mass is 303 g/mol. The molecule has 0 spiro atoms. The number of halogens is 1. The number of aromatic nitrogens is 1.